The summed E-state index contributed by atoms with van der Waals surface area (Å²) in [5.41, 5.74) is 0.594. The van der Waals surface area contributed by atoms with Crippen LogP contribution in [0.15, 0.2) is 18.3 Å². The van der Waals surface area contributed by atoms with Crippen molar-refractivity contribution in [1.29, 1.82) is 0 Å². The summed E-state index contributed by atoms with van der Waals surface area (Å²) < 4.78 is 40.6. The van der Waals surface area contributed by atoms with E-state index < -0.39 is 13.3 Å². The molecule has 1 aromatic heterocycles. The molecule has 0 aliphatic heterocycles. The minimum absolute atomic E-state index is 0. The van der Waals surface area contributed by atoms with Crippen LogP contribution in [0.5, 0.6) is 5.88 Å². The van der Waals surface area contributed by atoms with E-state index in [1.807, 2.05) is 0 Å². The van der Waals surface area contributed by atoms with Crippen molar-refractivity contribution in [2.45, 2.75) is 12.7 Å². The maximum atomic E-state index is 11.9. The van der Waals surface area contributed by atoms with Gasteiger partial charge in [-0.05, 0) is 11.6 Å². The van der Waals surface area contributed by atoms with Crippen LogP contribution >= 0.6 is 0 Å². The first-order valence-corrected chi connectivity index (χ1v) is 4.21. The fourth-order valence-corrected chi connectivity index (χ4v) is 1.05. The van der Waals surface area contributed by atoms with Crippen molar-refractivity contribution in [2.24, 2.45) is 0 Å². The number of rotatable bonds is 4. The third kappa shape index (κ3) is 6.57. The molecule has 0 atom stereocenters. The molecule has 0 N–H and O–H groups in total. The average Bonchev–Trinajstić information content (AvgIpc) is 2.14. The Morgan fingerprint density at radius 3 is 2.60 bits per heavy atom. The van der Waals surface area contributed by atoms with Crippen LogP contribution in [0.25, 0.3) is 0 Å². The van der Waals surface area contributed by atoms with Crippen LogP contribution in [0, 0.1) is 0 Å². The normalized spacial score (nSPS) is 10.7. The Balaban J connectivity index is 0.00000196. The zero-order valence-electron chi connectivity index (χ0n) is 8.71. The number of hydrogen-bond donors (Lipinski definition) is 0. The van der Waals surface area contributed by atoms with Gasteiger partial charge in [0.25, 0.3) is 0 Å². The molecule has 0 bridgehead atoms. The quantitative estimate of drug-likeness (QED) is 0.664. The van der Waals surface area contributed by atoms with Gasteiger partial charge in [-0.3, -0.25) is 0 Å². The first-order chi connectivity index (χ1) is 6.51. The van der Waals surface area contributed by atoms with Crippen molar-refractivity contribution >= 4 is 6.98 Å². The summed E-state index contributed by atoms with van der Waals surface area (Å²) in [6, 6.07) is 3.08. The van der Waals surface area contributed by atoms with Gasteiger partial charge in [-0.1, -0.05) is 12.7 Å². The molecule has 0 saturated carbocycles. The fraction of sp³-hybridized carbons (Fsp3) is 0.375. The van der Waals surface area contributed by atoms with E-state index in [0.717, 1.165) is 0 Å². The molecule has 78 valence electrons. The fourth-order valence-electron chi connectivity index (χ4n) is 1.05. The number of hydrogen-bond acceptors (Lipinski definition) is 2. The molecular weight excluding hydrogens is 233 g/mol. The summed E-state index contributed by atoms with van der Waals surface area (Å²) in [4.78, 5) is 3.80. The molecule has 0 spiro atoms. The molecule has 15 heavy (non-hydrogen) atoms. The predicted octanol–water partition coefficient (Wildman–Crippen LogP) is -0.516. The smallest absolute Gasteiger partial charge is 0.481 e. The van der Waals surface area contributed by atoms with E-state index >= 15 is 0 Å². The van der Waals surface area contributed by atoms with Gasteiger partial charge in [-0.15, -0.1) is 0 Å². The van der Waals surface area contributed by atoms with Crippen LogP contribution in [0.3, 0.4) is 0 Å². The molecule has 0 radical (unpaired) electrons. The monoisotopic (exact) mass is 243 g/mol. The third-order valence-corrected chi connectivity index (χ3v) is 1.77. The minimum atomic E-state index is -4.71. The molecule has 0 fully saturated rings. The van der Waals surface area contributed by atoms with E-state index in [2.05, 4.69) is 4.98 Å². The average molecular weight is 243 g/mol. The van der Waals surface area contributed by atoms with Gasteiger partial charge in [0, 0.05) is 12.3 Å². The number of ether oxygens (including phenoxy) is 1. The van der Waals surface area contributed by atoms with E-state index in [-0.39, 0.29) is 57.8 Å². The van der Waals surface area contributed by atoms with Crippen molar-refractivity contribution in [3.05, 3.63) is 23.9 Å². The summed E-state index contributed by atoms with van der Waals surface area (Å²) in [6.07, 6.45) is 0.674. The van der Waals surface area contributed by atoms with E-state index in [0.29, 0.717) is 11.4 Å². The van der Waals surface area contributed by atoms with Crippen LogP contribution in [0.1, 0.15) is 5.56 Å². The van der Waals surface area contributed by atoms with Gasteiger partial charge in [-0.25, -0.2) is 4.98 Å². The summed E-state index contributed by atoms with van der Waals surface area (Å²) >= 11 is 0. The van der Waals surface area contributed by atoms with E-state index in [9.17, 15) is 12.9 Å². The zero-order chi connectivity index (χ0) is 10.6. The van der Waals surface area contributed by atoms with Crippen LogP contribution in [0.4, 0.5) is 12.9 Å². The van der Waals surface area contributed by atoms with Gasteiger partial charge in [0.05, 0.1) is 7.11 Å². The Labute approximate surface area is 129 Å². The molecular formula is C8H10BF3KNO. The van der Waals surface area contributed by atoms with Gasteiger partial charge >= 0.3 is 58.4 Å². The molecule has 0 amide bonds. The Bertz CT molecular complexity index is 308. The summed E-state index contributed by atoms with van der Waals surface area (Å²) in [5, 5.41) is 0. The van der Waals surface area contributed by atoms with Crippen LogP contribution in [-0.2, 0) is 6.42 Å². The predicted molar refractivity (Wildman–Crippen MR) is 48.4 cm³/mol. The van der Waals surface area contributed by atoms with E-state index in [1.54, 1.807) is 6.07 Å². The largest absolute Gasteiger partial charge is 1.00 e. The van der Waals surface area contributed by atoms with Crippen molar-refractivity contribution in [3.8, 4) is 5.88 Å². The molecule has 2 nitrogen and oxygen atoms in total. The molecule has 1 rings (SSSR count). The first kappa shape index (κ1) is 15.4. The van der Waals surface area contributed by atoms with Gasteiger partial charge in [0.2, 0.25) is 5.88 Å². The van der Waals surface area contributed by atoms with E-state index in [1.165, 1.54) is 19.4 Å². The maximum absolute atomic E-state index is 11.9. The number of halogens is 3. The van der Waals surface area contributed by atoms with Crippen LogP contribution < -0.4 is 56.1 Å². The second kappa shape index (κ2) is 6.90. The standard InChI is InChI=1S/C8H10BF3NO.K/c1-14-8-6-7(3-5-13-8)2-4-9(10,11)12;/h3,5-6H,2,4H2,1H3;/q-1;+1. The topological polar surface area (TPSA) is 22.1 Å². The zero-order valence-corrected chi connectivity index (χ0v) is 11.8. The third-order valence-electron chi connectivity index (χ3n) is 1.77. The van der Waals surface area contributed by atoms with Crippen molar-refractivity contribution in [1.82, 2.24) is 4.98 Å². The minimum Gasteiger partial charge on any atom is -0.481 e. The Morgan fingerprint density at radius 1 is 1.40 bits per heavy atom. The summed E-state index contributed by atoms with van der Waals surface area (Å²) in [6.45, 7) is -4.71. The van der Waals surface area contributed by atoms with Gasteiger partial charge in [-0.2, -0.15) is 0 Å². The molecule has 0 aliphatic rings. The van der Waals surface area contributed by atoms with Crippen LogP contribution in [0.2, 0.25) is 6.32 Å². The summed E-state index contributed by atoms with van der Waals surface area (Å²) in [7, 11) is 1.43. The van der Waals surface area contributed by atoms with Gasteiger partial charge < -0.3 is 17.7 Å². The SMILES string of the molecule is COc1cc(CC[B-](F)(F)F)ccn1.[K+]. The summed E-state index contributed by atoms with van der Waals surface area (Å²) in [5.74, 6) is 0.345. The molecule has 1 aromatic rings. The van der Waals surface area contributed by atoms with Crippen molar-refractivity contribution < 1.29 is 69.1 Å². The molecule has 0 aromatic carbocycles. The molecule has 0 aliphatic carbocycles. The number of methoxy groups -OCH3 is 1. The van der Waals surface area contributed by atoms with Gasteiger partial charge in [0.15, 0.2) is 0 Å². The second-order valence-electron chi connectivity index (χ2n) is 2.96. The first-order valence-electron chi connectivity index (χ1n) is 4.21. The molecule has 7 heteroatoms. The van der Waals surface area contributed by atoms with Crippen molar-refractivity contribution in [3.63, 3.8) is 0 Å². The van der Waals surface area contributed by atoms with E-state index in [4.69, 9.17) is 4.74 Å². The Morgan fingerprint density at radius 2 is 2.07 bits per heavy atom. The number of aromatic nitrogens is 1. The second-order valence-corrected chi connectivity index (χ2v) is 2.96. The Hall–Kier alpha value is 0.441. The Kier molecular flexibility index (Phi) is 7.11. The number of aryl methyl sites for hydroxylation is 1. The van der Waals surface area contributed by atoms with Crippen molar-refractivity contribution in [2.75, 3.05) is 7.11 Å². The molecule has 1 heterocycles. The van der Waals surface area contributed by atoms with Gasteiger partial charge in [0.1, 0.15) is 0 Å². The number of nitrogens with zero attached hydrogens (tertiary/aromatic N) is 1. The van der Waals surface area contributed by atoms with Crippen LogP contribution in [-0.4, -0.2) is 19.1 Å². The maximum Gasteiger partial charge on any atom is 1.00 e. The molecule has 0 saturated heterocycles. The molecule has 0 unspecified atom stereocenters. The number of pyridine rings is 1.